The first-order valence-corrected chi connectivity index (χ1v) is 10.6. The van der Waals surface area contributed by atoms with Crippen molar-refractivity contribution in [2.75, 3.05) is 26.3 Å². The van der Waals surface area contributed by atoms with Gasteiger partial charge in [0.15, 0.2) is 0 Å². The van der Waals surface area contributed by atoms with Gasteiger partial charge in [0.25, 0.3) is 0 Å². The van der Waals surface area contributed by atoms with Crippen molar-refractivity contribution in [3.05, 3.63) is 65.7 Å². The van der Waals surface area contributed by atoms with E-state index in [9.17, 15) is 4.79 Å². The Morgan fingerprint density at radius 2 is 1.72 bits per heavy atom. The number of nitrogens with one attached hydrogen (secondary N) is 2. The largest absolute Gasteiger partial charge is 0.489 e. The highest BCUT2D eigenvalue weighted by Gasteiger charge is 2.37. The number of hydrogen-bond acceptors (Lipinski definition) is 4. The summed E-state index contributed by atoms with van der Waals surface area (Å²) < 4.78 is 11.5. The lowest BCUT2D eigenvalue weighted by molar-refractivity contribution is -0.129. The molecule has 0 unspecified atom stereocenters. The molecular weight excluding hydrogens is 364 g/mol. The summed E-state index contributed by atoms with van der Waals surface area (Å²) in [4.78, 5) is 13.0. The van der Waals surface area contributed by atoms with E-state index in [2.05, 4.69) is 34.9 Å². The number of amides is 1. The smallest absolute Gasteiger partial charge is 0.223 e. The van der Waals surface area contributed by atoms with Gasteiger partial charge in [0, 0.05) is 19.1 Å². The van der Waals surface area contributed by atoms with Crippen molar-refractivity contribution >= 4 is 5.91 Å². The summed E-state index contributed by atoms with van der Waals surface area (Å²) in [6.07, 6.45) is 3.41. The average Bonchev–Trinajstić information content (AvgIpc) is 2.80. The van der Waals surface area contributed by atoms with Crippen molar-refractivity contribution in [3.8, 4) is 5.75 Å². The Morgan fingerprint density at radius 3 is 2.41 bits per heavy atom. The zero-order valence-electron chi connectivity index (χ0n) is 16.9. The molecule has 2 saturated heterocycles. The number of ether oxygens (including phenoxy) is 2. The molecule has 2 N–H and O–H groups in total. The van der Waals surface area contributed by atoms with E-state index in [4.69, 9.17) is 9.47 Å². The van der Waals surface area contributed by atoms with Crippen molar-refractivity contribution in [3.63, 3.8) is 0 Å². The molecule has 5 nitrogen and oxygen atoms in total. The molecule has 0 atom stereocenters. The molecule has 4 rings (SSSR count). The second-order valence-electron chi connectivity index (χ2n) is 8.01. The molecule has 0 radical (unpaired) electrons. The van der Waals surface area contributed by atoms with Gasteiger partial charge in [-0.05, 0) is 62.0 Å². The van der Waals surface area contributed by atoms with Gasteiger partial charge in [-0.25, -0.2) is 0 Å². The summed E-state index contributed by atoms with van der Waals surface area (Å²) >= 11 is 0. The first-order valence-electron chi connectivity index (χ1n) is 10.6. The number of carbonyl (C=O) groups excluding carboxylic acids is 1. The molecule has 1 amide bonds. The Kier molecular flexibility index (Phi) is 6.47. The van der Waals surface area contributed by atoms with Crippen molar-refractivity contribution < 1.29 is 14.3 Å². The zero-order valence-corrected chi connectivity index (χ0v) is 16.9. The third-order valence-electron chi connectivity index (χ3n) is 6.07. The molecular formula is C24H30N2O3. The first-order chi connectivity index (χ1) is 14.3. The Morgan fingerprint density at radius 1 is 1.03 bits per heavy atom. The van der Waals surface area contributed by atoms with Crippen LogP contribution in [0, 0.1) is 5.92 Å². The predicted octanol–water partition coefficient (Wildman–Crippen LogP) is 3.39. The predicted molar refractivity (Wildman–Crippen MR) is 113 cm³/mol. The van der Waals surface area contributed by atoms with Crippen LogP contribution >= 0.6 is 0 Å². The molecule has 154 valence electrons. The highest BCUT2D eigenvalue weighted by atomic mass is 16.5. The molecule has 2 aromatic rings. The number of rotatable bonds is 6. The fourth-order valence-electron chi connectivity index (χ4n) is 4.24. The molecule has 2 fully saturated rings. The molecule has 0 aromatic heterocycles. The van der Waals surface area contributed by atoms with Gasteiger partial charge in [-0.15, -0.1) is 0 Å². The standard InChI is InChI=1S/C24H30N2O3/c27-23(20-10-14-25-15-11-20)26-24(12-16-28-17-13-24)21-6-8-22(9-7-21)29-18-19-4-2-1-3-5-19/h1-9,20,25H,10-18H2,(H,26,27). The molecule has 2 aliphatic heterocycles. The molecule has 5 heteroatoms. The van der Waals surface area contributed by atoms with E-state index in [1.807, 2.05) is 30.3 Å². The van der Waals surface area contributed by atoms with Crippen LogP contribution < -0.4 is 15.4 Å². The lowest BCUT2D eigenvalue weighted by Gasteiger charge is -2.40. The van der Waals surface area contributed by atoms with Crippen molar-refractivity contribution in [2.24, 2.45) is 5.92 Å². The SMILES string of the molecule is O=C(NC1(c2ccc(OCc3ccccc3)cc2)CCOCC1)C1CCNCC1. The van der Waals surface area contributed by atoms with Gasteiger partial charge in [-0.1, -0.05) is 42.5 Å². The number of benzene rings is 2. The molecule has 29 heavy (non-hydrogen) atoms. The second-order valence-corrected chi connectivity index (χ2v) is 8.01. The van der Waals surface area contributed by atoms with Crippen LogP contribution in [0.3, 0.4) is 0 Å². The number of hydrogen-bond donors (Lipinski definition) is 2. The van der Waals surface area contributed by atoms with E-state index in [1.165, 1.54) is 0 Å². The third kappa shape index (κ3) is 4.98. The molecule has 0 bridgehead atoms. The molecule has 0 spiro atoms. The molecule has 2 aromatic carbocycles. The van der Waals surface area contributed by atoms with Gasteiger partial charge in [-0.2, -0.15) is 0 Å². The third-order valence-corrected chi connectivity index (χ3v) is 6.07. The fourth-order valence-corrected chi connectivity index (χ4v) is 4.24. The van der Waals surface area contributed by atoms with Crippen LogP contribution in [0.15, 0.2) is 54.6 Å². The topological polar surface area (TPSA) is 59.6 Å². The lowest BCUT2D eigenvalue weighted by atomic mass is 9.81. The summed E-state index contributed by atoms with van der Waals surface area (Å²) in [5.41, 5.74) is 1.93. The Balaban J connectivity index is 1.45. The Hall–Kier alpha value is -2.37. The van der Waals surface area contributed by atoms with E-state index in [0.717, 1.165) is 55.6 Å². The van der Waals surface area contributed by atoms with Crippen LogP contribution in [0.25, 0.3) is 0 Å². The van der Waals surface area contributed by atoms with Gasteiger partial charge < -0.3 is 20.1 Å². The van der Waals surface area contributed by atoms with Crippen molar-refractivity contribution in [1.29, 1.82) is 0 Å². The van der Waals surface area contributed by atoms with E-state index < -0.39 is 0 Å². The van der Waals surface area contributed by atoms with Gasteiger partial charge in [0.2, 0.25) is 5.91 Å². The van der Waals surface area contributed by atoms with Crippen LogP contribution in [-0.2, 0) is 21.7 Å². The van der Waals surface area contributed by atoms with Crippen molar-refractivity contribution in [2.45, 2.75) is 37.8 Å². The monoisotopic (exact) mass is 394 g/mol. The summed E-state index contributed by atoms with van der Waals surface area (Å²) in [5, 5.41) is 6.74. The first kappa shape index (κ1) is 19.9. The maximum Gasteiger partial charge on any atom is 0.223 e. The van der Waals surface area contributed by atoms with Crippen LogP contribution in [0.5, 0.6) is 5.75 Å². The van der Waals surface area contributed by atoms with Gasteiger partial charge in [0.1, 0.15) is 12.4 Å². The van der Waals surface area contributed by atoms with Crippen LogP contribution in [0.1, 0.15) is 36.8 Å². The lowest BCUT2D eigenvalue weighted by Crippen LogP contribution is -2.52. The van der Waals surface area contributed by atoms with Gasteiger partial charge in [0.05, 0.1) is 5.54 Å². The number of piperidine rings is 1. The molecule has 0 aliphatic carbocycles. The highest BCUT2D eigenvalue weighted by molar-refractivity contribution is 5.79. The maximum absolute atomic E-state index is 13.0. The van der Waals surface area contributed by atoms with Gasteiger partial charge >= 0.3 is 0 Å². The van der Waals surface area contributed by atoms with E-state index in [1.54, 1.807) is 0 Å². The van der Waals surface area contributed by atoms with E-state index >= 15 is 0 Å². The van der Waals surface area contributed by atoms with E-state index in [-0.39, 0.29) is 17.4 Å². The number of carbonyl (C=O) groups is 1. The quantitative estimate of drug-likeness (QED) is 0.789. The maximum atomic E-state index is 13.0. The second kappa shape index (κ2) is 9.42. The van der Waals surface area contributed by atoms with Gasteiger partial charge in [-0.3, -0.25) is 4.79 Å². The summed E-state index contributed by atoms with van der Waals surface area (Å²) in [6, 6.07) is 18.3. The summed E-state index contributed by atoms with van der Waals surface area (Å²) in [7, 11) is 0. The molecule has 2 aliphatic rings. The van der Waals surface area contributed by atoms with Crippen molar-refractivity contribution in [1.82, 2.24) is 10.6 Å². The van der Waals surface area contributed by atoms with Crippen LogP contribution in [-0.4, -0.2) is 32.2 Å². The minimum Gasteiger partial charge on any atom is -0.489 e. The zero-order chi connectivity index (χ0) is 19.9. The molecule has 0 saturated carbocycles. The summed E-state index contributed by atoms with van der Waals surface area (Å²) in [6.45, 7) is 3.71. The minimum atomic E-state index is -0.349. The Bertz CT molecular complexity index is 780. The normalized spacial score (nSPS) is 19.4. The summed E-state index contributed by atoms with van der Waals surface area (Å²) in [5.74, 6) is 1.12. The molecule has 2 heterocycles. The Labute approximate surface area is 172 Å². The minimum absolute atomic E-state index is 0.101. The van der Waals surface area contributed by atoms with Crippen LogP contribution in [0.2, 0.25) is 0 Å². The van der Waals surface area contributed by atoms with E-state index in [0.29, 0.717) is 19.8 Å². The van der Waals surface area contributed by atoms with Crippen LogP contribution in [0.4, 0.5) is 0 Å². The average molecular weight is 395 g/mol. The highest BCUT2D eigenvalue weighted by Crippen LogP contribution is 2.34. The fraction of sp³-hybridized carbons (Fsp3) is 0.458.